The van der Waals surface area contributed by atoms with Gasteiger partial charge >= 0.3 is 0 Å². The monoisotopic (exact) mass is 244 g/mol. The molecular formula is C8H5BrO2S. The molecular weight excluding hydrogens is 240 g/mol. The van der Waals surface area contributed by atoms with Crippen molar-refractivity contribution < 1.29 is 8.42 Å². The van der Waals surface area contributed by atoms with Crippen LogP contribution in [0, 0.1) is 0 Å². The Kier molecular flexibility index (Phi) is 1.63. The third-order valence-corrected chi connectivity index (χ3v) is 4.82. The molecule has 0 fully saturated rings. The van der Waals surface area contributed by atoms with Crippen LogP contribution in [-0.2, 0) is 9.84 Å². The molecule has 2 nitrogen and oxygen atoms in total. The Morgan fingerprint density at radius 1 is 1.17 bits per heavy atom. The van der Waals surface area contributed by atoms with Gasteiger partial charge in [-0.05, 0) is 33.6 Å². The van der Waals surface area contributed by atoms with Crippen LogP contribution in [-0.4, -0.2) is 8.42 Å². The second-order valence-corrected chi connectivity index (χ2v) is 5.76. The molecule has 4 heteroatoms. The van der Waals surface area contributed by atoms with E-state index < -0.39 is 9.84 Å². The van der Waals surface area contributed by atoms with Gasteiger partial charge in [-0.3, -0.25) is 0 Å². The maximum atomic E-state index is 11.5. The second-order valence-electron chi connectivity index (χ2n) is 2.49. The highest BCUT2D eigenvalue weighted by atomic mass is 79.9. The fourth-order valence-electron chi connectivity index (χ4n) is 1.15. The Labute approximate surface area is 79.0 Å². The van der Waals surface area contributed by atoms with Crippen molar-refractivity contribution in [1.82, 2.24) is 0 Å². The quantitative estimate of drug-likeness (QED) is 0.701. The highest BCUT2D eigenvalue weighted by Gasteiger charge is 2.26. The van der Waals surface area contributed by atoms with Gasteiger partial charge in [-0.15, -0.1) is 0 Å². The zero-order chi connectivity index (χ0) is 8.77. The molecule has 1 aliphatic heterocycles. The summed E-state index contributed by atoms with van der Waals surface area (Å²) in [7, 11) is -3.21. The van der Waals surface area contributed by atoms with Crippen LogP contribution in [0.1, 0.15) is 5.56 Å². The van der Waals surface area contributed by atoms with E-state index in [-0.39, 0.29) is 3.81 Å². The van der Waals surface area contributed by atoms with E-state index in [2.05, 4.69) is 15.9 Å². The average molecular weight is 245 g/mol. The molecule has 0 atom stereocenters. The summed E-state index contributed by atoms with van der Waals surface area (Å²) in [6, 6.07) is 6.92. The number of fused-ring (bicyclic) bond motifs is 1. The van der Waals surface area contributed by atoms with Gasteiger partial charge in [0.15, 0.2) is 0 Å². The minimum Gasteiger partial charge on any atom is -0.218 e. The molecule has 2 rings (SSSR count). The summed E-state index contributed by atoms with van der Waals surface area (Å²) in [4.78, 5) is 0.386. The van der Waals surface area contributed by atoms with Crippen molar-refractivity contribution in [1.29, 1.82) is 0 Å². The van der Waals surface area contributed by atoms with E-state index in [9.17, 15) is 8.42 Å². The molecule has 0 saturated heterocycles. The lowest BCUT2D eigenvalue weighted by molar-refractivity contribution is 0.605. The van der Waals surface area contributed by atoms with Crippen molar-refractivity contribution in [3.63, 3.8) is 0 Å². The SMILES string of the molecule is O=S1(=O)C(Br)=Cc2ccccc21. The van der Waals surface area contributed by atoms with E-state index in [0.717, 1.165) is 5.56 Å². The van der Waals surface area contributed by atoms with Crippen molar-refractivity contribution in [2.75, 3.05) is 0 Å². The van der Waals surface area contributed by atoms with Gasteiger partial charge in [0, 0.05) is 0 Å². The molecule has 0 saturated carbocycles. The summed E-state index contributed by atoms with van der Waals surface area (Å²) in [5, 5.41) is 0. The van der Waals surface area contributed by atoms with Crippen LogP contribution in [0.2, 0.25) is 0 Å². The summed E-state index contributed by atoms with van der Waals surface area (Å²) >= 11 is 3.01. The van der Waals surface area contributed by atoms with Gasteiger partial charge in [0.1, 0.15) is 3.81 Å². The first kappa shape index (κ1) is 8.01. The minimum absolute atomic E-state index is 0.246. The third-order valence-electron chi connectivity index (χ3n) is 1.73. The topological polar surface area (TPSA) is 34.1 Å². The predicted molar refractivity (Wildman–Crippen MR) is 50.5 cm³/mol. The first-order chi connectivity index (χ1) is 5.62. The largest absolute Gasteiger partial charge is 0.218 e. The Hall–Kier alpha value is -0.610. The van der Waals surface area contributed by atoms with Crippen LogP contribution in [0.4, 0.5) is 0 Å². The predicted octanol–water partition coefficient (Wildman–Crippen LogP) is 2.17. The van der Waals surface area contributed by atoms with Gasteiger partial charge in [-0.1, -0.05) is 18.2 Å². The molecule has 0 amide bonds. The first-order valence-electron chi connectivity index (χ1n) is 3.34. The lowest BCUT2D eigenvalue weighted by Crippen LogP contribution is -1.95. The Morgan fingerprint density at radius 3 is 2.50 bits per heavy atom. The van der Waals surface area contributed by atoms with Gasteiger partial charge in [0.05, 0.1) is 4.90 Å². The summed E-state index contributed by atoms with van der Waals surface area (Å²) in [5.41, 5.74) is 0.754. The molecule has 1 aliphatic rings. The molecule has 0 N–H and O–H groups in total. The van der Waals surface area contributed by atoms with Crippen LogP contribution in [0.25, 0.3) is 6.08 Å². The Balaban J connectivity index is 2.83. The number of benzene rings is 1. The Morgan fingerprint density at radius 2 is 1.83 bits per heavy atom. The van der Waals surface area contributed by atoms with E-state index in [0.29, 0.717) is 4.90 Å². The molecule has 0 spiro atoms. The molecule has 1 aromatic rings. The summed E-state index contributed by atoms with van der Waals surface area (Å²) in [5.74, 6) is 0. The molecule has 0 radical (unpaired) electrons. The molecule has 0 aliphatic carbocycles. The highest BCUT2D eigenvalue weighted by Crippen LogP contribution is 2.35. The maximum Gasteiger partial charge on any atom is 0.213 e. The molecule has 62 valence electrons. The van der Waals surface area contributed by atoms with E-state index in [4.69, 9.17) is 0 Å². The fourth-order valence-corrected chi connectivity index (χ4v) is 3.11. The van der Waals surface area contributed by atoms with Crippen molar-refractivity contribution >= 4 is 31.8 Å². The van der Waals surface area contributed by atoms with Gasteiger partial charge in [0.25, 0.3) is 0 Å². The van der Waals surface area contributed by atoms with Crippen LogP contribution in [0.5, 0.6) is 0 Å². The zero-order valence-electron chi connectivity index (χ0n) is 5.99. The lowest BCUT2D eigenvalue weighted by atomic mass is 10.2. The van der Waals surface area contributed by atoms with E-state index in [1.807, 2.05) is 6.07 Å². The molecule has 12 heavy (non-hydrogen) atoms. The minimum atomic E-state index is -3.21. The lowest BCUT2D eigenvalue weighted by Gasteiger charge is -1.96. The van der Waals surface area contributed by atoms with Gasteiger partial charge in [-0.25, -0.2) is 8.42 Å². The first-order valence-corrected chi connectivity index (χ1v) is 5.61. The van der Waals surface area contributed by atoms with Gasteiger partial charge < -0.3 is 0 Å². The Bertz CT molecular complexity index is 460. The molecule has 1 heterocycles. The molecule has 1 aromatic carbocycles. The van der Waals surface area contributed by atoms with Gasteiger partial charge in [0.2, 0.25) is 9.84 Å². The van der Waals surface area contributed by atoms with Crippen molar-refractivity contribution in [3.05, 3.63) is 33.6 Å². The van der Waals surface area contributed by atoms with Crippen LogP contribution < -0.4 is 0 Å². The number of hydrogen-bond acceptors (Lipinski definition) is 2. The number of rotatable bonds is 0. The number of hydrogen-bond donors (Lipinski definition) is 0. The van der Waals surface area contributed by atoms with Crippen LogP contribution in [0.15, 0.2) is 33.0 Å². The van der Waals surface area contributed by atoms with E-state index >= 15 is 0 Å². The van der Waals surface area contributed by atoms with Gasteiger partial charge in [-0.2, -0.15) is 0 Å². The number of sulfone groups is 1. The van der Waals surface area contributed by atoms with E-state index in [1.54, 1.807) is 24.3 Å². The molecule has 0 bridgehead atoms. The van der Waals surface area contributed by atoms with Crippen molar-refractivity contribution in [2.45, 2.75) is 4.90 Å². The van der Waals surface area contributed by atoms with Crippen molar-refractivity contribution in [2.24, 2.45) is 0 Å². The summed E-state index contributed by atoms with van der Waals surface area (Å²) < 4.78 is 23.2. The smallest absolute Gasteiger partial charge is 0.213 e. The highest BCUT2D eigenvalue weighted by molar-refractivity contribution is 9.13. The second kappa shape index (κ2) is 2.44. The zero-order valence-corrected chi connectivity index (χ0v) is 8.39. The normalized spacial score (nSPS) is 18.6. The fraction of sp³-hybridized carbons (Fsp3) is 0. The average Bonchev–Trinajstić information content (AvgIpc) is 2.25. The third kappa shape index (κ3) is 0.949. The standard InChI is InChI=1S/C8H5BrO2S/c9-8-5-6-3-1-2-4-7(6)12(8,10)11/h1-5H. The van der Waals surface area contributed by atoms with Crippen LogP contribution in [0.3, 0.4) is 0 Å². The summed E-state index contributed by atoms with van der Waals surface area (Å²) in [6.45, 7) is 0. The molecule has 0 aromatic heterocycles. The molecule has 0 unspecified atom stereocenters. The number of halogens is 1. The maximum absolute atomic E-state index is 11.5. The van der Waals surface area contributed by atoms with Crippen molar-refractivity contribution in [3.8, 4) is 0 Å². The summed E-state index contributed by atoms with van der Waals surface area (Å²) in [6.07, 6.45) is 1.62. The van der Waals surface area contributed by atoms with E-state index in [1.165, 1.54) is 0 Å². The van der Waals surface area contributed by atoms with Crippen LogP contribution >= 0.6 is 15.9 Å².